The normalized spacial score (nSPS) is 17.2. The van der Waals surface area contributed by atoms with Crippen LogP contribution in [0.2, 0.25) is 0 Å². The Morgan fingerprint density at radius 1 is 1.21 bits per heavy atom. The number of carbonyl (C=O) groups excluding carboxylic acids is 1. The summed E-state index contributed by atoms with van der Waals surface area (Å²) in [5.41, 5.74) is 9.47. The molecule has 4 rings (SSSR count). The highest BCUT2D eigenvalue weighted by molar-refractivity contribution is 5.85. The van der Waals surface area contributed by atoms with E-state index in [1.165, 1.54) is 36.4 Å². The molecule has 0 bridgehead atoms. The lowest BCUT2D eigenvalue weighted by Crippen LogP contribution is -2.59. The fourth-order valence-corrected chi connectivity index (χ4v) is 4.92. The number of ether oxygens (including phenoxy) is 1. The largest absolute Gasteiger partial charge is 0.463 e. The molecular weight excluding hydrogens is 430 g/mol. The molecule has 0 aliphatic carbocycles. The molecule has 1 aromatic carbocycles. The number of amides is 1. The van der Waals surface area contributed by atoms with Crippen molar-refractivity contribution in [1.82, 2.24) is 20.2 Å². The van der Waals surface area contributed by atoms with Gasteiger partial charge in [0.05, 0.1) is 13.2 Å². The van der Waals surface area contributed by atoms with E-state index < -0.39 is 0 Å². The number of hydrogen-bond acceptors (Lipinski definition) is 8. The fraction of sp³-hybridized carbons (Fsp3) is 0.560. The average Bonchev–Trinajstić information content (AvgIpc) is 2.83. The predicted octanol–water partition coefficient (Wildman–Crippen LogP) is 2.63. The molecule has 4 N–H and O–H groups in total. The predicted molar refractivity (Wildman–Crippen MR) is 135 cm³/mol. The Kier molecular flexibility index (Phi) is 7.84. The minimum atomic E-state index is 0.184. The lowest BCUT2D eigenvalue weighted by atomic mass is 9.72. The molecule has 9 nitrogen and oxygen atoms in total. The molecule has 2 aliphatic heterocycles. The number of rotatable bonds is 11. The first-order valence-corrected chi connectivity index (χ1v) is 12.3. The summed E-state index contributed by atoms with van der Waals surface area (Å²) in [6.07, 6.45) is 5.25. The van der Waals surface area contributed by atoms with Gasteiger partial charge in [0, 0.05) is 26.7 Å². The number of aromatic nitrogens is 2. The summed E-state index contributed by atoms with van der Waals surface area (Å²) in [5, 5.41) is 6.47. The standard InChI is InChI=1S/C25H37N7O2/c1-3-4-13-34-24-29-22(26)21(27-2)23(30-24)32(18-33)15-20-7-5-19(6-8-20)14-31-16-25(17-31)9-11-28-12-10-25/h5-8,18,27-28H,3-4,9-17H2,1-2H3,(H2,26,29,30). The van der Waals surface area contributed by atoms with Gasteiger partial charge in [0.25, 0.3) is 0 Å². The van der Waals surface area contributed by atoms with E-state index in [1.54, 1.807) is 7.05 Å². The number of benzene rings is 1. The number of likely N-dealkylation sites (tertiary alicyclic amines) is 1. The second-order valence-electron chi connectivity index (χ2n) is 9.49. The zero-order chi connectivity index (χ0) is 24.0. The van der Waals surface area contributed by atoms with Crippen LogP contribution in [0.15, 0.2) is 24.3 Å². The Hall–Kier alpha value is -2.91. The molecule has 0 atom stereocenters. The van der Waals surface area contributed by atoms with E-state index in [0.717, 1.165) is 44.4 Å². The Morgan fingerprint density at radius 3 is 2.56 bits per heavy atom. The molecule has 0 unspecified atom stereocenters. The SMILES string of the molecule is CCCCOc1nc(N)c(NC)c(N(C=O)Cc2ccc(CN3CC4(CCNCC4)C3)cc2)n1. The maximum Gasteiger partial charge on any atom is 0.320 e. The summed E-state index contributed by atoms with van der Waals surface area (Å²) in [5.74, 6) is 0.663. The third-order valence-corrected chi connectivity index (χ3v) is 6.84. The van der Waals surface area contributed by atoms with Crippen LogP contribution in [0.4, 0.5) is 17.3 Å². The maximum atomic E-state index is 12.0. The van der Waals surface area contributed by atoms with Crippen LogP contribution >= 0.6 is 0 Å². The van der Waals surface area contributed by atoms with Gasteiger partial charge in [-0.2, -0.15) is 9.97 Å². The summed E-state index contributed by atoms with van der Waals surface area (Å²) in [6, 6.07) is 8.64. The summed E-state index contributed by atoms with van der Waals surface area (Å²) >= 11 is 0. The molecule has 184 valence electrons. The molecule has 2 saturated heterocycles. The highest BCUT2D eigenvalue weighted by Gasteiger charge is 2.42. The number of unbranched alkanes of at least 4 members (excludes halogenated alkanes) is 1. The molecule has 2 aliphatic rings. The highest BCUT2D eigenvalue weighted by Crippen LogP contribution is 2.39. The molecule has 3 heterocycles. The minimum absolute atomic E-state index is 0.184. The number of piperidine rings is 1. The molecule has 1 aromatic heterocycles. The first-order valence-electron chi connectivity index (χ1n) is 12.3. The van der Waals surface area contributed by atoms with Crippen LogP contribution in [-0.2, 0) is 17.9 Å². The van der Waals surface area contributed by atoms with Gasteiger partial charge >= 0.3 is 6.01 Å². The number of hydrogen-bond donors (Lipinski definition) is 3. The third kappa shape index (κ3) is 5.59. The van der Waals surface area contributed by atoms with Gasteiger partial charge in [-0.1, -0.05) is 37.6 Å². The first-order chi connectivity index (χ1) is 16.6. The van der Waals surface area contributed by atoms with Gasteiger partial charge < -0.3 is 21.1 Å². The van der Waals surface area contributed by atoms with Crippen LogP contribution in [-0.4, -0.2) is 61.1 Å². The Labute approximate surface area is 202 Å². The van der Waals surface area contributed by atoms with E-state index in [0.29, 0.717) is 30.1 Å². The van der Waals surface area contributed by atoms with Crippen molar-refractivity contribution in [2.24, 2.45) is 5.41 Å². The molecule has 0 saturated carbocycles. The zero-order valence-corrected chi connectivity index (χ0v) is 20.3. The molecule has 2 aromatic rings. The van der Waals surface area contributed by atoms with Crippen LogP contribution in [0.1, 0.15) is 43.7 Å². The smallest absolute Gasteiger partial charge is 0.320 e. The van der Waals surface area contributed by atoms with Gasteiger partial charge in [0.15, 0.2) is 11.6 Å². The maximum absolute atomic E-state index is 12.0. The Balaban J connectivity index is 1.40. The van der Waals surface area contributed by atoms with Gasteiger partial charge in [0.2, 0.25) is 6.41 Å². The zero-order valence-electron chi connectivity index (χ0n) is 20.3. The second kappa shape index (κ2) is 11.0. The summed E-state index contributed by atoms with van der Waals surface area (Å²) in [6.45, 7) is 8.62. The van der Waals surface area contributed by atoms with Crippen molar-refractivity contribution in [2.45, 2.75) is 45.7 Å². The second-order valence-corrected chi connectivity index (χ2v) is 9.49. The number of nitrogens with zero attached hydrogens (tertiary/aromatic N) is 4. The van der Waals surface area contributed by atoms with Crippen molar-refractivity contribution in [3.63, 3.8) is 0 Å². The summed E-state index contributed by atoms with van der Waals surface area (Å²) in [7, 11) is 1.73. The van der Waals surface area contributed by atoms with Crippen molar-refractivity contribution >= 4 is 23.7 Å². The lowest BCUT2D eigenvalue weighted by molar-refractivity contribution is -0.107. The Bertz CT molecular complexity index is 952. The van der Waals surface area contributed by atoms with E-state index in [2.05, 4.69) is 56.7 Å². The van der Waals surface area contributed by atoms with E-state index in [9.17, 15) is 4.79 Å². The van der Waals surface area contributed by atoms with E-state index >= 15 is 0 Å². The third-order valence-electron chi connectivity index (χ3n) is 6.84. The molecule has 34 heavy (non-hydrogen) atoms. The van der Waals surface area contributed by atoms with Gasteiger partial charge in [-0.3, -0.25) is 14.6 Å². The van der Waals surface area contributed by atoms with Gasteiger partial charge in [-0.25, -0.2) is 0 Å². The summed E-state index contributed by atoms with van der Waals surface area (Å²) in [4.78, 5) is 24.8. The monoisotopic (exact) mass is 467 g/mol. The lowest BCUT2D eigenvalue weighted by Gasteiger charge is -2.52. The van der Waals surface area contributed by atoms with Crippen molar-refractivity contribution in [1.29, 1.82) is 0 Å². The molecule has 2 fully saturated rings. The van der Waals surface area contributed by atoms with E-state index in [4.69, 9.17) is 10.5 Å². The average molecular weight is 468 g/mol. The number of nitrogen functional groups attached to an aromatic ring is 1. The van der Waals surface area contributed by atoms with Crippen molar-refractivity contribution < 1.29 is 9.53 Å². The Morgan fingerprint density at radius 2 is 1.91 bits per heavy atom. The molecule has 1 spiro atoms. The number of nitrogens with one attached hydrogen (secondary N) is 2. The quantitative estimate of drug-likeness (QED) is 0.342. The number of anilines is 3. The van der Waals surface area contributed by atoms with Crippen LogP contribution in [0.3, 0.4) is 0 Å². The van der Waals surface area contributed by atoms with Crippen LogP contribution < -0.4 is 26.0 Å². The number of carbonyl (C=O) groups is 1. The van der Waals surface area contributed by atoms with Crippen molar-refractivity contribution in [2.75, 3.05) is 55.8 Å². The number of nitrogens with two attached hydrogens (primary N) is 1. The van der Waals surface area contributed by atoms with E-state index in [1.807, 2.05) is 0 Å². The van der Waals surface area contributed by atoms with Crippen LogP contribution in [0, 0.1) is 5.41 Å². The first kappa shape index (κ1) is 24.2. The topological polar surface area (TPSA) is 109 Å². The molecule has 9 heteroatoms. The van der Waals surface area contributed by atoms with Gasteiger partial charge in [-0.05, 0) is 48.9 Å². The molecule has 0 radical (unpaired) electrons. The van der Waals surface area contributed by atoms with Crippen molar-refractivity contribution in [3.05, 3.63) is 35.4 Å². The van der Waals surface area contributed by atoms with Crippen LogP contribution in [0.5, 0.6) is 6.01 Å². The van der Waals surface area contributed by atoms with Crippen molar-refractivity contribution in [3.8, 4) is 6.01 Å². The minimum Gasteiger partial charge on any atom is -0.463 e. The molecule has 1 amide bonds. The van der Waals surface area contributed by atoms with E-state index in [-0.39, 0.29) is 11.8 Å². The van der Waals surface area contributed by atoms with Crippen LogP contribution in [0.25, 0.3) is 0 Å². The fourth-order valence-electron chi connectivity index (χ4n) is 4.92. The highest BCUT2D eigenvalue weighted by atomic mass is 16.5. The van der Waals surface area contributed by atoms with Gasteiger partial charge in [0.1, 0.15) is 5.69 Å². The summed E-state index contributed by atoms with van der Waals surface area (Å²) < 4.78 is 5.64. The molecular formula is C25H37N7O2. The van der Waals surface area contributed by atoms with Gasteiger partial charge in [-0.15, -0.1) is 0 Å².